The topological polar surface area (TPSA) is 54.0 Å². The maximum Gasteiger partial charge on any atom is 0.274 e. The molecular weight excluding hydrogens is 318 g/mol. The molecule has 1 amide bonds. The summed E-state index contributed by atoms with van der Waals surface area (Å²) in [6, 6.07) is 11.0. The second-order valence-corrected chi connectivity index (χ2v) is 5.24. The van der Waals surface area contributed by atoms with E-state index in [1.54, 1.807) is 12.3 Å². The van der Waals surface area contributed by atoms with Gasteiger partial charge >= 0.3 is 0 Å². The Kier molecular flexibility index (Phi) is 5.12. The third kappa shape index (κ3) is 4.06. The molecule has 0 unspecified atom stereocenters. The van der Waals surface area contributed by atoms with Gasteiger partial charge in [0.25, 0.3) is 5.91 Å². The summed E-state index contributed by atoms with van der Waals surface area (Å²) in [5.41, 5.74) is 2.05. The van der Waals surface area contributed by atoms with Crippen LogP contribution in [-0.4, -0.2) is 17.4 Å². The van der Waals surface area contributed by atoms with E-state index >= 15 is 0 Å². The molecule has 0 fully saturated rings. The van der Waals surface area contributed by atoms with E-state index in [9.17, 15) is 4.79 Å². The molecule has 0 aliphatic heterocycles. The van der Waals surface area contributed by atoms with Crippen LogP contribution in [0.15, 0.2) is 47.1 Å². The smallest absolute Gasteiger partial charge is 0.274 e. The van der Waals surface area contributed by atoms with Gasteiger partial charge in [-0.05, 0) is 36.8 Å². The first-order chi connectivity index (χ1) is 9.69. The van der Waals surface area contributed by atoms with E-state index in [2.05, 4.69) is 38.5 Å². The number of anilines is 2. The highest BCUT2D eigenvalue weighted by Crippen LogP contribution is 2.16. The number of carbonyl (C=O) groups excluding carboxylic acids is 1. The van der Waals surface area contributed by atoms with Crippen LogP contribution in [0.2, 0.25) is 0 Å². The van der Waals surface area contributed by atoms with Gasteiger partial charge in [0.2, 0.25) is 0 Å². The number of pyridine rings is 1. The van der Waals surface area contributed by atoms with E-state index in [1.165, 1.54) is 0 Å². The van der Waals surface area contributed by atoms with Crippen molar-refractivity contribution in [2.45, 2.75) is 13.3 Å². The van der Waals surface area contributed by atoms with Crippen LogP contribution in [0.4, 0.5) is 11.4 Å². The SMILES string of the molecule is CCCNc1ccc(C(=O)Nc2cccc(Br)c2)nc1. The summed E-state index contributed by atoms with van der Waals surface area (Å²) in [4.78, 5) is 16.2. The molecule has 0 aliphatic carbocycles. The predicted octanol–water partition coefficient (Wildman–Crippen LogP) is 3.92. The molecule has 0 aliphatic rings. The van der Waals surface area contributed by atoms with Crippen molar-refractivity contribution in [3.05, 3.63) is 52.8 Å². The number of nitrogens with one attached hydrogen (secondary N) is 2. The minimum absolute atomic E-state index is 0.217. The highest BCUT2D eigenvalue weighted by atomic mass is 79.9. The second kappa shape index (κ2) is 7.05. The van der Waals surface area contributed by atoms with Crippen LogP contribution in [0.1, 0.15) is 23.8 Å². The molecule has 0 bridgehead atoms. The molecule has 1 aromatic carbocycles. The molecule has 0 atom stereocenters. The van der Waals surface area contributed by atoms with E-state index < -0.39 is 0 Å². The minimum Gasteiger partial charge on any atom is -0.384 e. The maximum absolute atomic E-state index is 12.0. The Balaban J connectivity index is 2.02. The average molecular weight is 334 g/mol. The molecule has 4 nitrogen and oxygen atoms in total. The molecule has 1 heterocycles. The summed E-state index contributed by atoms with van der Waals surface area (Å²) in [6.07, 6.45) is 2.72. The normalized spacial score (nSPS) is 10.1. The Morgan fingerprint density at radius 2 is 2.10 bits per heavy atom. The Bertz CT molecular complexity index is 584. The lowest BCUT2D eigenvalue weighted by atomic mass is 10.3. The summed E-state index contributed by atoms with van der Waals surface area (Å²) in [7, 11) is 0. The zero-order valence-electron chi connectivity index (χ0n) is 11.2. The van der Waals surface area contributed by atoms with Gasteiger partial charge in [-0.1, -0.05) is 28.9 Å². The molecule has 0 radical (unpaired) electrons. The predicted molar refractivity (Wildman–Crippen MR) is 85.1 cm³/mol. The van der Waals surface area contributed by atoms with Crippen LogP contribution < -0.4 is 10.6 Å². The van der Waals surface area contributed by atoms with Gasteiger partial charge in [0.15, 0.2) is 0 Å². The largest absolute Gasteiger partial charge is 0.384 e. The lowest BCUT2D eigenvalue weighted by Gasteiger charge is -2.07. The molecule has 0 saturated carbocycles. The van der Waals surface area contributed by atoms with Crippen LogP contribution in [-0.2, 0) is 0 Å². The van der Waals surface area contributed by atoms with Crippen LogP contribution >= 0.6 is 15.9 Å². The number of hydrogen-bond acceptors (Lipinski definition) is 3. The number of hydrogen-bond donors (Lipinski definition) is 2. The Morgan fingerprint density at radius 1 is 1.25 bits per heavy atom. The number of aromatic nitrogens is 1. The number of halogens is 1. The Labute approximate surface area is 126 Å². The van der Waals surface area contributed by atoms with Crippen molar-refractivity contribution in [2.24, 2.45) is 0 Å². The van der Waals surface area contributed by atoms with Gasteiger partial charge in [0, 0.05) is 16.7 Å². The highest BCUT2D eigenvalue weighted by molar-refractivity contribution is 9.10. The fourth-order valence-electron chi connectivity index (χ4n) is 1.66. The van der Waals surface area contributed by atoms with Crippen molar-refractivity contribution < 1.29 is 4.79 Å². The average Bonchev–Trinajstić information content (AvgIpc) is 2.45. The Hall–Kier alpha value is -1.88. The summed E-state index contributed by atoms with van der Waals surface area (Å²) >= 11 is 3.37. The van der Waals surface area contributed by atoms with Crippen molar-refractivity contribution in [3.63, 3.8) is 0 Å². The minimum atomic E-state index is -0.217. The third-order valence-corrected chi connectivity index (χ3v) is 3.15. The van der Waals surface area contributed by atoms with E-state index in [4.69, 9.17) is 0 Å². The van der Waals surface area contributed by atoms with E-state index in [-0.39, 0.29) is 5.91 Å². The zero-order chi connectivity index (χ0) is 14.4. The maximum atomic E-state index is 12.0. The molecule has 0 spiro atoms. The zero-order valence-corrected chi connectivity index (χ0v) is 12.8. The lowest BCUT2D eigenvalue weighted by Crippen LogP contribution is -2.13. The van der Waals surface area contributed by atoms with Crippen molar-refractivity contribution in [2.75, 3.05) is 17.2 Å². The number of amides is 1. The monoisotopic (exact) mass is 333 g/mol. The molecule has 0 saturated heterocycles. The van der Waals surface area contributed by atoms with Crippen LogP contribution in [0.3, 0.4) is 0 Å². The van der Waals surface area contributed by atoms with Gasteiger partial charge in [-0.15, -0.1) is 0 Å². The molecule has 2 N–H and O–H groups in total. The van der Waals surface area contributed by atoms with Gasteiger partial charge in [-0.2, -0.15) is 0 Å². The van der Waals surface area contributed by atoms with E-state index in [1.807, 2.05) is 30.3 Å². The second-order valence-electron chi connectivity index (χ2n) is 4.32. The standard InChI is InChI=1S/C15H16BrN3O/c1-2-8-17-13-6-7-14(18-10-13)15(20)19-12-5-3-4-11(16)9-12/h3-7,9-10,17H,2,8H2,1H3,(H,19,20). The molecule has 104 valence electrons. The fourth-order valence-corrected chi connectivity index (χ4v) is 2.06. The number of benzene rings is 1. The van der Waals surface area contributed by atoms with Gasteiger partial charge < -0.3 is 10.6 Å². The molecule has 20 heavy (non-hydrogen) atoms. The number of carbonyl (C=O) groups is 1. The molecule has 5 heteroatoms. The van der Waals surface area contributed by atoms with Crippen molar-refractivity contribution >= 4 is 33.2 Å². The summed E-state index contributed by atoms with van der Waals surface area (Å²) in [5.74, 6) is -0.217. The van der Waals surface area contributed by atoms with Gasteiger partial charge in [-0.3, -0.25) is 4.79 Å². The third-order valence-electron chi connectivity index (χ3n) is 2.66. The first-order valence-electron chi connectivity index (χ1n) is 6.46. The van der Waals surface area contributed by atoms with Crippen LogP contribution in [0.25, 0.3) is 0 Å². The highest BCUT2D eigenvalue weighted by Gasteiger charge is 2.07. The molecule has 2 aromatic rings. The molecule has 2 rings (SSSR count). The summed E-state index contributed by atoms with van der Waals surface area (Å²) < 4.78 is 0.919. The summed E-state index contributed by atoms with van der Waals surface area (Å²) in [5, 5.41) is 6.03. The Morgan fingerprint density at radius 3 is 2.75 bits per heavy atom. The molecule has 1 aromatic heterocycles. The first kappa shape index (κ1) is 14.5. The van der Waals surface area contributed by atoms with Crippen molar-refractivity contribution in [1.82, 2.24) is 4.98 Å². The van der Waals surface area contributed by atoms with E-state index in [0.717, 1.165) is 28.8 Å². The van der Waals surface area contributed by atoms with Crippen molar-refractivity contribution in [1.29, 1.82) is 0 Å². The number of rotatable bonds is 5. The van der Waals surface area contributed by atoms with Gasteiger partial charge in [0.1, 0.15) is 5.69 Å². The fraction of sp³-hybridized carbons (Fsp3) is 0.200. The van der Waals surface area contributed by atoms with Gasteiger partial charge in [0.05, 0.1) is 11.9 Å². The van der Waals surface area contributed by atoms with Crippen LogP contribution in [0, 0.1) is 0 Å². The van der Waals surface area contributed by atoms with Gasteiger partial charge in [-0.25, -0.2) is 4.98 Å². The van der Waals surface area contributed by atoms with E-state index in [0.29, 0.717) is 5.69 Å². The number of nitrogens with zero attached hydrogens (tertiary/aromatic N) is 1. The molecular formula is C15H16BrN3O. The van der Waals surface area contributed by atoms with Crippen LogP contribution in [0.5, 0.6) is 0 Å². The lowest BCUT2D eigenvalue weighted by molar-refractivity contribution is 0.102. The first-order valence-corrected chi connectivity index (χ1v) is 7.25. The summed E-state index contributed by atoms with van der Waals surface area (Å²) in [6.45, 7) is 2.99. The van der Waals surface area contributed by atoms with Crippen molar-refractivity contribution in [3.8, 4) is 0 Å². The quantitative estimate of drug-likeness (QED) is 0.871.